The van der Waals surface area contributed by atoms with Gasteiger partial charge in [0, 0.05) is 19.3 Å². The zero-order valence-electron chi connectivity index (χ0n) is 10.8. The van der Waals surface area contributed by atoms with E-state index in [1.54, 1.807) is 18.3 Å². The van der Waals surface area contributed by atoms with Gasteiger partial charge in [-0.15, -0.1) is 0 Å². The number of rotatable bonds is 8. The van der Waals surface area contributed by atoms with Crippen LogP contribution in [0, 0.1) is 0 Å². The monoisotopic (exact) mass is 266 g/mol. The van der Waals surface area contributed by atoms with E-state index in [1.807, 2.05) is 6.92 Å². The normalized spacial score (nSPS) is 9.95. The first-order chi connectivity index (χ1) is 9.15. The molecule has 0 aliphatic heterocycles. The second kappa shape index (κ2) is 8.04. The highest BCUT2D eigenvalue weighted by molar-refractivity contribution is 5.98. The Morgan fingerprint density at radius 1 is 1.47 bits per heavy atom. The Bertz CT molecular complexity index is 437. The van der Waals surface area contributed by atoms with E-state index in [4.69, 9.17) is 10.5 Å². The van der Waals surface area contributed by atoms with Gasteiger partial charge in [-0.25, -0.2) is 4.98 Å². The van der Waals surface area contributed by atoms with E-state index in [-0.39, 0.29) is 19.1 Å². The molecule has 7 nitrogen and oxygen atoms in total. The molecule has 0 saturated heterocycles. The van der Waals surface area contributed by atoms with Gasteiger partial charge >= 0.3 is 0 Å². The molecule has 0 atom stereocenters. The van der Waals surface area contributed by atoms with Crippen molar-refractivity contribution in [2.45, 2.75) is 6.92 Å². The number of ether oxygens (including phenoxy) is 1. The van der Waals surface area contributed by atoms with Crippen molar-refractivity contribution in [2.24, 2.45) is 5.73 Å². The molecular formula is C12H18N4O3. The lowest BCUT2D eigenvalue weighted by molar-refractivity contribution is -0.122. The van der Waals surface area contributed by atoms with Gasteiger partial charge in [-0.2, -0.15) is 0 Å². The average Bonchev–Trinajstić information content (AvgIpc) is 2.39. The van der Waals surface area contributed by atoms with Crippen molar-refractivity contribution >= 4 is 17.6 Å². The summed E-state index contributed by atoms with van der Waals surface area (Å²) in [5.41, 5.74) is 5.38. The number of hydrogen-bond donors (Lipinski definition) is 3. The maximum Gasteiger partial charge on any atom is 0.255 e. The molecule has 0 aromatic carbocycles. The number of nitrogens with two attached hydrogens (primary N) is 1. The van der Waals surface area contributed by atoms with Crippen LogP contribution in [-0.2, 0) is 9.53 Å². The highest BCUT2D eigenvalue weighted by Gasteiger charge is 2.10. The number of anilines is 1. The molecule has 1 aromatic heterocycles. The highest BCUT2D eigenvalue weighted by atomic mass is 16.5. The van der Waals surface area contributed by atoms with Crippen molar-refractivity contribution in [3.63, 3.8) is 0 Å². The number of nitrogens with zero attached hydrogens (tertiary/aromatic N) is 1. The molecule has 2 amide bonds. The van der Waals surface area contributed by atoms with Gasteiger partial charge in [0.25, 0.3) is 5.91 Å². The molecule has 19 heavy (non-hydrogen) atoms. The molecule has 7 heteroatoms. The lowest BCUT2D eigenvalue weighted by atomic mass is 10.2. The first kappa shape index (κ1) is 14.9. The van der Waals surface area contributed by atoms with Crippen LogP contribution in [0.15, 0.2) is 18.3 Å². The fraction of sp³-hybridized carbons (Fsp3) is 0.417. The summed E-state index contributed by atoms with van der Waals surface area (Å²) in [7, 11) is 0. The van der Waals surface area contributed by atoms with Crippen molar-refractivity contribution in [3.05, 3.63) is 23.9 Å². The van der Waals surface area contributed by atoms with Crippen molar-refractivity contribution < 1.29 is 14.3 Å². The van der Waals surface area contributed by atoms with E-state index in [9.17, 15) is 9.59 Å². The van der Waals surface area contributed by atoms with Crippen LogP contribution in [0.4, 0.5) is 5.82 Å². The first-order valence-electron chi connectivity index (χ1n) is 5.98. The molecule has 1 heterocycles. The highest BCUT2D eigenvalue weighted by Crippen LogP contribution is 2.10. The summed E-state index contributed by atoms with van der Waals surface area (Å²) < 4.78 is 4.94. The van der Waals surface area contributed by atoms with Gasteiger partial charge in [0.05, 0.1) is 12.2 Å². The molecule has 4 N–H and O–H groups in total. The van der Waals surface area contributed by atoms with Gasteiger partial charge in [-0.3, -0.25) is 9.59 Å². The quantitative estimate of drug-likeness (QED) is 0.562. The maximum absolute atomic E-state index is 11.9. The summed E-state index contributed by atoms with van der Waals surface area (Å²) >= 11 is 0. The number of primary amides is 1. The molecule has 0 spiro atoms. The van der Waals surface area contributed by atoms with Gasteiger partial charge in [-0.05, 0) is 19.1 Å². The molecular weight excluding hydrogens is 248 g/mol. The largest absolute Gasteiger partial charge is 0.370 e. The third-order valence-corrected chi connectivity index (χ3v) is 2.17. The van der Waals surface area contributed by atoms with Gasteiger partial charge in [0.2, 0.25) is 5.91 Å². The summed E-state index contributed by atoms with van der Waals surface area (Å²) in [6.45, 7) is 2.98. The Labute approximate surface area is 111 Å². The molecule has 104 valence electrons. The van der Waals surface area contributed by atoms with E-state index in [2.05, 4.69) is 15.6 Å². The summed E-state index contributed by atoms with van der Waals surface area (Å²) in [5, 5.41) is 5.68. The van der Waals surface area contributed by atoms with Gasteiger partial charge < -0.3 is 21.1 Å². The van der Waals surface area contributed by atoms with Crippen LogP contribution >= 0.6 is 0 Å². The maximum atomic E-state index is 11.9. The van der Waals surface area contributed by atoms with Crippen molar-refractivity contribution in [2.75, 3.05) is 31.6 Å². The number of pyridine rings is 1. The topological polar surface area (TPSA) is 106 Å². The second-order valence-electron chi connectivity index (χ2n) is 3.70. The molecule has 1 aromatic rings. The van der Waals surface area contributed by atoms with Crippen molar-refractivity contribution in [3.8, 4) is 0 Å². The summed E-state index contributed by atoms with van der Waals surface area (Å²) in [6, 6.07) is 3.38. The number of hydrogen-bond acceptors (Lipinski definition) is 5. The van der Waals surface area contributed by atoms with E-state index in [1.165, 1.54) is 0 Å². The summed E-state index contributed by atoms with van der Waals surface area (Å²) in [5.74, 6) is -0.236. The Morgan fingerprint density at radius 2 is 2.26 bits per heavy atom. The Kier molecular flexibility index (Phi) is 6.31. The lowest BCUT2D eigenvalue weighted by Gasteiger charge is -2.09. The summed E-state index contributed by atoms with van der Waals surface area (Å²) in [6.07, 6.45) is 1.62. The third kappa shape index (κ3) is 5.35. The van der Waals surface area contributed by atoms with Crippen LogP contribution in [0.5, 0.6) is 0 Å². The molecule has 1 rings (SSSR count). The van der Waals surface area contributed by atoms with E-state index in [0.29, 0.717) is 24.5 Å². The minimum Gasteiger partial charge on any atom is -0.370 e. The number of carbonyl (C=O) groups excluding carboxylic acids is 2. The molecule has 0 fully saturated rings. The van der Waals surface area contributed by atoms with E-state index < -0.39 is 5.91 Å². The Morgan fingerprint density at radius 3 is 2.95 bits per heavy atom. The minimum absolute atomic E-state index is 0.147. The number of carbonyl (C=O) groups is 2. The fourth-order valence-corrected chi connectivity index (χ4v) is 1.40. The smallest absolute Gasteiger partial charge is 0.255 e. The van der Waals surface area contributed by atoms with Gasteiger partial charge in [-0.1, -0.05) is 0 Å². The van der Waals surface area contributed by atoms with Crippen molar-refractivity contribution in [1.82, 2.24) is 10.3 Å². The van der Waals surface area contributed by atoms with Gasteiger partial charge in [0.1, 0.15) is 12.4 Å². The minimum atomic E-state index is -0.534. The molecule has 0 aliphatic rings. The van der Waals surface area contributed by atoms with Gasteiger partial charge in [0.15, 0.2) is 0 Å². The summed E-state index contributed by atoms with van der Waals surface area (Å²) in [4.78, 5) is 26.4. The fourth-order valence-electron chi connectivity index (χ4n) is 1.40. The predicted molar refractivity (Wildman–Crippen MR) is 70.7 cm³/mol. The molecule has 0 radical (unpaired) electrons. The zero-order chi connectivity index (χ0) is 14.1. The molecule has 0 aliphatic carbocycles. The second-order valence-corrected chi connectivity index (χ2v) is 3.70. The van der Waals surface area contributed by atoms with Crippen LogP contribution < -0.4 is 16.4 Å². The van der Waals surface area contributed by atoms with E-state index in [0.717, 1.165) is 0 Å². The van der Waals surface area contributed by atoms with Crippen LogP contribution in [-0.4, -0.2) is 43.1 Å². The Balaban J connectivity index is 2.43. The van der Waals surface area contributed by atoms with Crippen LogP contribution in [0.1, 0.15) is 17.3 Å². The average molecular weight is 266 g/mol. The molecule has 0 saturated carbocycles. The standard InChI is InChI=1S/C12H18N4O3/c1-2-14-11-9(4-3-5-15-11)12(18)16-6-7-19-8-10(13)17/h3-5H,2,6-8H2,1H3,(H2,13,17)(H,14,15)(H,16,18). The number of aromatic nitrogens is 1. The zero-order valence-corrected chi connectivity index (χ0v) is 10.8. The Hall–Kier alpha value is -2.15. The number of amides is 2. The van der Waals surface area contributed by atoms with Crippen molar-refractivity contribution in [1.29, 1.82) is 0 Å². The molecule has 0 unspecified atom stereocenters. The first-order valence-corrected chi connectivity index (χ1v) is 5.98. The lowest BCUT2D eigenvalue weighted by Crippen LogP contribution is -2.29. The van der Waals surface area contributed by atoms with Crippen LogP contribution in [0.25, 0.3) is 0 Å². The van der Waals surface area contributed by atoms with Crippen LogP contribution in [0.2, 0.25) is 0 Å². The third-order valence-electron chi connectivity index (χ3n) is 2.17. The van der Waals surface area contributed by atoms with E-state index >= 15 is 0 Å². The SMILES string of the molecule is CCNc1ncccc1C(=O)NCCOCC(N)=O. The van der Waals surface area contributed by atoms with Crippen LogP contribution in [0.3, 0.4) is 0 Å². The predicted octanol–water partition coefficient (Wildman–Crippen LogP) is -0.255. The number of nitrogens with one attached hydrogen (secondary N) is 2. The molecule has 0 bridgehead atoms.